The number of aryl methyl sites for hydroxylation is 1. The van der Waals surface area contributed by atoms with E-state index in [-0.39, 0.29) is 11.3 Å². The summed E-state index contributed by atoms with van der Waals surface area (Å²) in [6.45, 7) is 5.27. The van der Waals surface area contributed by atoms with Gasteiger partial charge in [-0.1, -0.05) is 17.7 Å². The van der Waals surface area contributed by atoms with Crippen molar-refractivity contribution in [1.29, 1.82) is 0 Å². The van der Waals surface area contributed by atoms with Gasteiger partial charge in [0, 0.05) is 0 Å². The molecule has 1 rings (SSSR count). The smallest absolute Gasteiger partial charge is 0.188 e. The van der Waals surface area contributed by atoms with Gasteiger partial charge in [-0.15, -0.1) is 0 Å². The second kappa shape index (κ2) is 4.18. The molecule has 0 aliphatic carbocycles. The molecule has 14 heavy (non-hydrogen) atoms. The number of halogens is 1. The Balaban J connectivity index is 3.14. The Hall–Kier alpha value is -1.44. The normalized spacial score (nSPS) is 9.71. The minimum atomic E-state index is -0.421. The molecule has 74 valence electrons. The maximum absolute atomic E-state index is 13.5. The predicted molar refractivity (Wildman–Crippen MR) is 54.9 cm³/mol. The summed E-state index contributed by atoms with van der Waals surface area (Å²) >= 11 is 0. The first-order chi connectivity index (χ1) is 6.52. The maximum atomic E-state index is 13.5. The van der Waals surface area contributed by atoms with Gasteiger partial charge in [-0.3, -0.25) is 4.79 Å². The zero-order valence-corrected chi connectivity index (χ0v) is 8.60. The van der Waals surface area contributed by atoms with Crippen molar-refractivity contribution in [3.05, 3.63) is 46.8 Å². The van der Waals surface area contributed by atoms with Crippen molar-refractivity contribution >= 4 is 5.78 Å². The van der Waals surface area contributed by atoms with Crippen LogP contribution < -0.4 is 0 Å². The van der Waals surface area contributed by atoms with Gasteiger partial charge in [-0.25, -0.2) is 4.39 Å². The molecule has 0 bridgehead atoms. The van der Waals surface area contributed by atoms with Gasteiger partial charge < -0.3 is 0 Å². The largest absolute Gasteiger partial charge is 0.289 e. The summed E-state index contributed by atoms with van der Waals surface area (Å²) in [5.74, 6) is -0.693. The van der Waals surface area contributed by atoms with E-state index < -0.39 is 5.82 Å². The van der Waals surface area contributed by atoms with E-state index in [0.29, 0.717) is 5.56 Å². The third-order valence-corrected chi connectivity index (χ3v) is 1.88. The fraction of sp³-hybridized carbons (Fsp3) is 0.250. The number of carbonyl (C=O) groups excluding carboxylic acids is 1. The summed E-state index contributed by atoms with van der Waals surface area (Å²) in [6.07, 6.45) is 1.44. The summed E-state index contributed by atoms with van der Waals surface area (Å²) in [7, 11) is 0. The lowest BCUT2D eigenvalue weighted by Gasteiger charge is -2.01. The van der Waals surface area contributed by atoms with Crippen LogP contribution in [-0.2, 0) is 0 Å². The molecule has 2 heteroatoms. The van der Waals surface area contributed by atoms with Crippen LogP contribution in [-0.4, -0.2) is 5.78 Å². The molecule has 1 nitrogen and oxygen atoms in total. The molecule has 0 radical (unpaired) electrons. The Kier molecular flexibility index (Phi) is 3.18. The third-order valence-electron chi connectivity index (χ3n) is 1.88. The fourth-order valence-corrected chi connectivity index (χ4v) is 1.18. The SMILES string of the molecule is CC(C)=CC(=O)c1cccc(C)c1F. The average Bonchev–Trinajstić information content (AvgIpc) is 2.08. The third kappa shape index (κ3) is 2.28. The van der Waals surface area contributed by atoms with E-state index in [4.69, 9.17) is 0 Å². The van der Waals surface area contributed by atoms with E-state index in [1.54, 1.807) is 19.1 Å². The van der Waals surface area contributed by atoms with E-state index in [9.17, 15) is 9.18 Å². The summed E-state index contributed by atoms with van der Waals surface area (Å²) in [5, 5.41) is 0. The Morgan fingerprint density at radius 1 is 1.36 bits per heavy atom. The molecule has 0 unspecified atom stereocenters. The lowest BCUT2D eigenvalue weighted by Crippen LogP contribution is -2.00. The highest BCUT2D eigenvalue weighted by Gasteiger charge is 2.10. The second-order valence-corrected chi connectivity index (χ2v) is 3.52. The van der Waals surface area contributed by atoms with E-state index in [2.05, 4.69) is 0 Å². The quantitative estimate of drug-likeness (QED) is 0.519. The number of carbonyl (C=O) groups is 1. The minimum absolute atomic E-state index is 0.145. The molecule has 0 aliphatic rings. The molecular weight excluding hydrogens is 179 g/mol. The monoisotopic (exact) mass is 192 g/mol. The molecule has 1 aromatic carbocycles. The Morgan fingerprint density at radius 2 is 2.00 bits per heavy atom. The van der Waals surface area contributed by atoms with E-state index >= 15 is 0 Å². The van der Waals surface area contributed by atoms with Crippen molar-refractivity contribution in [3.63, 3.8) is 0 Å². The van der Waals surface area contributed by atoms with Crippen LogP contribution >= 0.6 is 0 Å². The van der Waals surface area contributed by atoms with Gasteiger partial charge in [-0.2, -0.15) is 0 Å². The first kappa shape index (κ1) is 10.6. The summed E-state index contributed by atoms with van der Waals surface area (Å²) < 4.78 is 13.5. The minimum Gasteiger partial charge on any atom is -0.289 e. The zero-order chi connectivity index (χ0) is 10.7. The summed E-state index contributed by atoms with van der Waals surface area (Å²) in [5.41, 5.74) is 1.51. The van der Waals surface area contributed by atoms with Gasteiger partial charge in [0.15, 0.2) is 5.78 Å². The van der Waals surface area contributed by atoms with Crippen molar-refractivity contribution in [1.82, 2.24) is 0 Å². The molecule has 0 amide bonds. The van der Waals surface area contributed by atoms with Crippen molar-refractivity contribution in [2.45, 2.75) is 20.8 Å². The van der Waals surface area contributed by atoms with Crippen LogP contribution in [0.2, 0.25) is 0 Å². The average molecular weight is 192 g/mol. The second-order valence-electron chi connectivity index (χ2n) is 3.52. The van der Waals surface area contributed by atoms with Gasteiger partial charge >= 0.3 is 0 Å². The first-order valence-corrected chi connectivity index (χ1v) is 4.46. The standard InChI is InChI=1S/C12H13FO/c1-8(2)7-11(14)10-6-4-5-9(3)12(10)13/h4-7H,1-3H3. The van der Waals surface area contributed by atoms with Crippen LogP contribution in [0.15, 0.2) is 29.8 Å². The van der Waals surface area contributed by atoms with E-state index in [1.165, 1.54) is 12.1 Å². The Morgan fingerprint density at radius 3 is 2.57 bits per heavy atom. The predicted octanol–water partition coefficient (Wildman–Crippen LogP) is 3.28. The number of ketones is 1. The van der Waals surface area contributed by atoms with Crippen LogP contribution in [0.5, 0.6) is 0 Å². The molecule has 1 aromatic rings. The van der Waals surface area contributed by atoms with Gasteiger partial charge in [0.1, 0.15) is 5.82 Å². The van der Waals surface area contributed by atoms with Crippen molar-refractivity contribution in [2.75, 3.05) is 0 Å². The van der Waals surface area contributed by atoms with Crippen LogP contribution in [0.25, 0.3) is 0 Å². The van der Waals surface area contributed by atoms with E-state index in [1.807, 2.05) is 13.8 Å². The Bertz CT molecular complexity index is 387. The molecule has 0 aromatic heterocycles. The molecule has 0 heterocycles. The highest BCUT2D eigenvalue weighted by Crippen LogP contribution is 2.13. The molecule has 0 N–H and O–H groups in total. The molecule has 0 aliphatic heterocycles. The van der Waals surface area contributed by atoms with Gasteiger partial charge in [-0.05, 0) is 38.5 Å². The molecule has 0 spiro atoms. The number of allylic oxidation sites excluding steroid dienone is 2. The molecular formula is C12H13FO. The zero-order valence-electron chi connectivity index (χ0n) is 8.60. The first-order valence-electron chi connectivity index (χ1n) is 4.46. The maximum Gasteiger partial charge on any atom is 0.188 e. The van der Waals surface area contributed by atoms with Crippen LogP contribution in [0.4, 0.5) is 4.39 Å². The van der Waals surface area contributed by atoms with Crippen LogP contribution in [0.3, 0.4) is 0 Å². The highest BCUT2D eigenvalue weighted by atomic mass is 19.1. The van der Waals surface area contributed by atoms with Crippen molar-refractivity contribution in [2.24, 2.45) is 0 Å². The molecule has 0 atom stereocenters. The number of hydrogen-bond donors (Lipinski definition) is 0. The summed E-state index contributed by atoms with van der Waals surface area (Å²) in [4.78, 5) is 11.5. The van der Waals surface area contributed by atoms with E-state index in [0.717, 1.165) is 5.57 Å². The highest BCUT2D eigenvalue weighted by molar-refractivity contribution is 6.05. The molecule has 0 fully saturated rings. The lowest BCUT2D eigenvalue weighted by atomic mass is 10.1. The van der Waals surface area contributed by atoms with Gasteiger partial charge in [0.25, 0.3) is 0 Å². The fourth-order valence-electron chi connectivity index (χ4n) is 1.18. The van der Waals surface area contributed by atoms with Gasteiger partial charge in [0.2, 0.25) is 0 Å². The van der Waals surface area contributed by atoms with Crippen molar-refractivity contribution < 1.29 is 9.18 Å². The summed E-state index contributed by atoms with van der Waals surface area (Å²) in [6, 6.07) is 4.84. The number of rotatable bonds is 2. The number of hydrogen-bond acceptors (Lipinski definition) is 1. The topological polar surface area (TPSA) is 17.1 Å². The lowest BCUT2D eigenvalue weighted by molar-refractivity contribution is 0.104. The Labute approximate surface area is 83.3 Å². The van der Waals surface area contributed by atoms with Crippen LogP contribution in [0, 0.1) is 12.7 Å². The molecule has 0 saturated carbocycles. The van der Waals surface area contributed by atoms with Crippen LogP contribution in [0.1, 0.15) is 29.8 Å². The van der Waals surface area contributed by atoms with Gasteiger partial charge in [0.05, 0.1) is 5.56 Å². The van der Waals surface area contributed by atoms with Crippen molar-refractivity contribution in [3.8, 4) is 0 Å². The number of benzene rings is 1. The molecule has 0 saturated heterocycles.